The van der Waals surface area contributed by atoms with Crippen molar-refractivity contribution in [3.8, 4) is 0 Å². The van der Waals surface area contributed by atoms with Crippen LogP contribution in [0.2, 0.25) is 0 Å². The van der Waals surface area contributed by atoms with Crippen LogP contribution in [0, 0.1) is 11.8 Å². The fraction of sp³-hybridized carbons (Fsp3) is 0.526. The molecule has 0 N–H and O–H groups in total. The van der Waals surface area contributed by atoms with Gasteiger partial charge in [-0.25, -0.2) is 0 Å². The Balaban J connectivity index is 1.98. The Morgan fingerprint density at radius 1 is 0.659 bits per heavy atom. The van der Waals surface area contributed by atoms with Gasteiger partial charge in [0.2, 0.25) is 0 Å². The fourth-order valence-electron chi connectivity index (χ4n) is 4.82. The molecule has 0 aliphatic carbocycles. The lowest BCUT2D eigenvalue weighted by molar-refractivity contribution is -0.148. The van der Waals surface area contributed by atoms with Gasteiger partial charge >= 0.3 is 11.9 Å². The molecule has 2 atom stereocenters. The molecule has 0 aliphatic rings. The van der Waals surface area contributed by atoms with Crippen molar-refractivity contribution in [3.63, 3.8) is 0 Å². The number of carbonyl (C=O) groups excluding carboxylic acids is 2. The molecule has 2 aromatic rings. The Labute approximate surface area is 267 Å². The average Bonchev–Trinajstić information content (AvgIpc) is 3.02. The molecule has 0 radical (unpaired) electrons. The first-order chi connectivity index (χ1) is 21.2. The molecule has 6 nitrogen and oxygen atoms in total. The third-order valence-corrected chi connectivity index (χ3v) is 7.85. The van der Waals surface area contributed by atoms with E-state index in [2.05, 4.69) is 84.3 Å². The molecule has 0 bridgehead atoms. The van der Waals surface area contributed by atoms with E-state index in [-0.39, 0.29) is 23.8 Å². The zero-order chi connectivity index (χ0) is 32.2. The number of unbranched alkanes of at least 4 members (excludes halogenated alkanes) is 4. The normalized spacial score (nSPS) is 12.8. The predicted molar refractivity (Wildman–Crippen MR) is 186 cm³/mol. The Morgan fingerprint density at radius 2 is 1.07 bits per heavy atom. The second-order valence-corrected chi connectivity index (χ2v) is 11.9. The van der Waals surface area contributed by atoms with Gasteiger partial charge in [0.15, 0.2) is 0 Å². The second-order valence-electron chi connectivity index (χ2n) is 11.9. The van der Waals surface area contributed by atoms with Gasteiger partial charge in [-0.3, -0.25) is 9.59 Å². The van der Waals surface area contributed by atoms with E-state index in [0.717, 1.165) is 68.2 Å². The third-order valence-electron chi connectivity index (χ3n) is 7.85. The van der Waals surface area contributed by atoms with Gasteiger partial charge in [-0.2, -0.15) is 0 Å². The van der Waals surface area contributed by atoms with Crippen molar-refractivity contribution in [3.05, 3.63) is 71.8 Å². The van der Waals surface area contributed by atoms with Gasteiger partial charge in [-0.15, -0.1) is 0 Å². The third kappa shape index (κ3) is 14.3. The van der Waals surface area contributed by atoms with Gasteiger partial charge in [-0.1, -0.05) is 115 Å². The lowest BCUT2D eigenvalue weighted by Gasteiger charge is -2.25. The van der Waals surface area contributed by atoms with Crippen LogP contribution in [0.25, 0.3) is 12.2 Å². The topological polar surface area (TPSA) is 59.1 Å². The molecule has 0 aromatic heterocycles. The van der Waals surface area contributed by atoms with Gasteiger partial charge in [0.25, 0.3) is 0 Å². The van der Waals surface area contributed by atoms with Crippen LogP contribution >= 0.6 is 0 Å². The smallest absolute Gasteiger partial charge is 0.308 e. The predicted octanol–water partition coefficient (Wildman–Crippen LogP) is 8.80. The highest BCUT2D eigenvalue weighted by molar-refractivity contribution is 5.72. The Kier molecular flexibility index (Phi) is 17.7. The molecule has 0 saturated carbocycles. The second kappa shape index (κ2) is 21.2. The maximum atomic E-state index is 12.5. The molecule has 44 heavy (non-hydrogen) atoms. The minimum atomic E-state index is -0.143. The highest BCUT2D eigenvalue weighted by Gasteiger charge is 2.17. The van der Waals surface area contributed by atoms with Crippen molar-refractivity contribution in [1.82, 2.24) is 0 Å². The maximum Gasteiger partial charge on any atom is 0.308 e. The number of anilines is 2. The van der Waals surface area contributed by atoms with E-state index in [1.165, 1.54) is 5.69 Å². The van der Waals surface area contributed by atoms with Crippen molar-refractivity contribution in [2.24, 2.45) is 11.8 Å². The maximum absolute atomic E-state index is 12.5. The minimum Gasteiger partial charge on any atom is -0.464 e. The lowest BCUT2D eigenvalue weighted by atomic mass is 10.0. The van der Waals surface area contributed by atoms with Crippen LogP contribution in [0.15, 0.2) is 60.7 Å². The molecule has 0 saturated heterocycles. The summed E-state index contributed by atoms with van der Waals surface area (Å²) in [5.74, 6) is -0.475. The summed E-state index contributed by atoms with van der Waals surface area (Å²) in [5.41, 5.74) is 4.41. The van der Waals surface area contributed by atoms with Gasteiger partial charge in [-0.05, 0) is 48.2 Å². The molecule has 2 rings (SSSR count). The van der Waals surface area contributed by atoms with E-state index >= 15 is 0 Å². The summed E-state index contributed by atoms with van der Waals surface area (Å²) in [7, 11) is 4.07. The molecule has 0 aliphatic heterocycles. The van der Waals surface area contributed by atoms with Gasteiger partial charge in [0, 0.05) is 25.5 Å². The van der Waals surface area contributed by atoms with Gasteiger partial charge in [0.05, 0.1) is 24.9 Å². The SMILES string of the molecule is CCCCCC(C)C(=O)OCCN(CCOC(=O)C(C)CCCCC)c1ccc(/C=C/C=C/c2ccc(N(C)C)cc2)cc1. The molecule has 2 aromatic carbocycles. The molecule has 0 heterocycles. The van der Waals surface area contributed by atoms with Crippen molar-refractivity contribution < 1.29 is 19.1 Å². The number of ether oxygens (including phenoxy) is 2. The summed E-state index contributed by atoms with van der Waals surface area (Å²) in [4.78, 5) is 29.2. The summed E-state index contributed by atoms with van der Waals surface area (Å²) >= 11 is 0. The van der Waals surface area contributed by atoms with Crippen molar-refractivity contribution in [1.29, 1.82) is 0 Å². The quantitative estimate of drug-likeness (QED) is 0.0806. The minimum absolute atomic E-state index is 0.0947. The van der Waals surface area contributed by atoms with E-state index in [1.807, 2.05) is 40.1 Å². The Morgan fingerprint density at radius 3 is 1.45 bits per heavy atom. The summed E-state index contributed by atoms with van der Waals surface area (Å²) < 4.78 is 11.3. The number of hydrogen-bond acceptors (Lipinski definition) is 6. The molecular formula is C38H56N2O4. The fourth-order valence-corrected chi connectivity index (χ4v) is 4.82. The number of allylic oxidation sites excluding steroid dienone is 2. The summed E-state index contributed by atoms with van der Waals surface area (Å²) in [6, 6.07) is 16.7. The van der Waals surface area contributed by atoms with E-state index in [1.54, 1.807) is 0 Å². The van der Waals surface area contributed by atoms with E-state index in [0.29, 0.717) is 26.3 Å². The van der Waals surface area contributed by atoms with Gasteiger partial charge in [0.1, 0.15) is 13.2 Å². The molecule has 242 valence electrons. The highest BCUT2D eigenvalue weighted by Crippen LogP contribution is 2.18. The van der Waals surface area contributed by atoms with Crippen molar-refractivity contribution in [2.75, 3.05) is 50.2 Å². The van der Waals surface area contributed by atoms with Crippen LogP contribution in [0.3, 0.4) is 0 Å². The first kappa shape index (κ1) is 36.7. The number of rotatable bonds is 21. The highest BCUT2D eigenvalue weighted by atomic mass is 16.5. The van der Waals surface area contributed by atoms with Crippen molar-refractivity contribution >= 4 is 35.5 Å². The van der Waals surface area contributed by atoms with Crippen molar-refractivity contribution in [2.45, 2.75) is 79.1 Å². The molecule has 0 fully saturated rings. The Hall–Kier alpha value is -3.54. The van der Waals surface area contributed by atoms with Crippen LogP contribution in [0.1, 0.15) is 90.2 Å². The largest absolute Gasteiger partial charge is 0.464 e. The Bertz CT molecular complexity index is 1100. The molecule has 0 amide bonds. The molecular weight excluding hydrogens is 548 g/mol. The standard InChI is InChI=1S/C38H56N2O4/c1-7-9-11-15-31(3)37(41)43-29-27-40(28-30-44-38(42)32(4)16-12-10-8-2)36-25-21-34(22-26-36)18-14-13-17-33-19-23-35(24-20-33)39(5)6/h13-14,17-26,31-32H,7-12,15-16,27-30H2,1-6H3/b17-13+,18-14+. The zero-order valence-electron chi connectivity index (χ0n) is 28.1. The van der Waals surface area contributed by atoms with Crippen LogP contribution in [-0.4, -0.2) is 52.3 Å². The molecule has 6 heteroatoms. The first-order valence-corrected chi connectivity index (χ1v) is 16.6. The van der Waals surface area contributed by atoms with E-state index < -0.39 is 0 Å². The lowest BCUT2D eigenvalue weighted by Crippen LogP contribution is -2.33. The number of benzene rings is 2. The zero-order valence-corrected chi connectivity index (χ0v) is 28.1. The van der Waals surface area contributed by atoms with Crippen LogP contribution in [0.5, 0.6) is 0 Å². The number of carbonyl (C=O) groups is 2. The van der Waals surface area contributed by atoms with Crippen LogP contribution in [0.4, 0.5) is 11.4 Å². The first-order valence-electron chi connectivity index (χ1n) is 16.6. The monoisotopic (exact) mass is 604 g/mol. The van der Waals surface area contributed by atoms with Crippen LogP contribution in [-0.2, 0) is 19.1 Å². The number of hydrogen-bond donors (Lipinski definition) is 0. The molecule has 0 spiro atoms. The van der Waals surface area contributed by atoms with Crippen LogP contribution < -0.4 is 9.80 Å². The van der Waals surface area contributed by atoms with E-state index in [9.17, 15) is 9.59 Å². The van der Waals surface area contributed by atoms with E-state index in [4.69, 9.17) is 9.47 Å². The number of esters is 2. The van der Waals surface area contributed by atoms with Gasteiger partial charge < -0.3 is 19.3 Å². The summed E-state index contributed by atoms with van der Waals surface area (Å²) in [6.07, 6.45) is 16.6. The summed E-state index contributed by atoms with van der Waals surface area (Å²) in [6.45, 7) is 9.85. The average molecular weight is 605 g/mol. The number of nitrogens with zero attached hydrogens (tertiary/aromatic N) is 2. The summed E-state index contributed by atoms with van der Waals surface area (Å²) in [5, 5.41) is 0. The molecule has 2 unspecified atom stereocenters.